The number of carboxylic acids is 1. The molecule has 0 radical (unpaired) electrons. The molecule has 7 N–H and O–H groups in total. The number of carboxylic acid groups (broad SMARTS) is 1. The maximum atomic E-state index is 11.8. The van der Waals surface area contributed by atoms with Crippen molar-refractivity contribution in [1.29, 1.82) is 0 Å². The number of nitrogens with two attached hydrogens (primary N) is 1. The lowest BCUT2D eigenvalue weighted by molar-refractivity contribution is -0.196. The molecule has 0 spiro atoms. The summed E-state index contributed by atoms with van der Waals surface area (Å²) >= 11 is 0. The van der Waals surface area contributed by atoms with Gasteiger partial charge in [-0.25, -0.2) is 9.59 Å². The van der Waals surface area contributed by atoms with Gasteiger partial charge in [-0.3, -0.25) is 0 Å². The lowest BCUT2D eigenvalue weighted by Gasteiger charge is -2.39. The number of carbonyl (C=O) groups excluding carboxylic acids is 1. The first-order valence-electron chi connectivity index (χ1n) is 7.41. The van der Waals surface area contributed by atoms with Crippen LogP contribution in [0.2, 0.25) is 0 Å². The lowest BCUT2D eigenvalue weighted by atomic mass is 9.79. The average molecular weight is 353 g/mol. The quantitative estimate of drug-likeness (QED) is 0.176. The highest BCUT2D eigenvalue weighted by atomic mass is 16.6. The number of aliphatic hydroxyl groups excluding tert-OH is 2. The third kappa shape index (κ3) is 4.27. The first-order valence-corrected chi connectivity index (χ1v) is 7.41. The number of nitrogen functional groups attached to an aromatic ring is 1. The van der Waals surface area contributed by atoms with Gasteiger partial charge in [-0.15, -0.1) is 0 Å². The van der Waals surface area contributed by atoms with E-state index in [4.69, 9.17) is 15.6 Å². The minimum atomic E-state index is -2.28. The van der Waals surface area contributed by atoms with Gasteiger partial charge in [-0.1, -0.05) is 6.07 Å². The van der Waals surface area contributed by atoms with E-state index in [1.807, 2.05) is 0 Å². The van der Waals surface area contributed by atoms with Crippen LogP contribution in [0, 0.1) is 0 Å². The Morgan fingerprint density at radius 2 is 1.84 bits per heavy atom. The molecule has 0 heterocycles. The number of benzene rings is 1. The van der Waals surface area contributed by atoms with Gasteiger partial charge in [-0.2, -0.15) is 0 Å². The molecule has 2 rings (SSSR count). The maximum absolute atomic E-state index is 11.8. The van der Waals surface area contributed by atoms with Crippen LogP contribution in [0.15, 0.2) is 24.3 Å². The molecule has 0 aliphatic heterocycles. The third-order valence-corrected chi connectivity index (χ3v) is 3.97. The zero-order chi connectivity index (χ0) is 18.8. The van der Waals surface area contributed by atoms with Gasteiger partial charge < -0.3 is 36.0 Å². The Balaban J connectivity index is 2.01. The average Bonchev–Trinajstić information content (AvgIpc) is 2.52. The fraction of sp³-hybridized carbons (Fsp3) is 0.375. The first-order chi connectivity index (χ1) is 11.6. The molecule has 25 heavy (non-hydrogen) atoms. The van der Waals surface area contributed by atoms with Gasteiger partial charge >= 0.3 is 11.9 Å². The Morgan fingerprint density at radius 3 is 2.36 bits per heavy atom. The summed E-state index contributed by atoms with van der Waals surface area (Å²) < 4.78 is 4.95. The van der Waals surface area contributed by atoms with Gasteiger partial charge in [0, 0.05) is 18.9 Å². The summed E-state index contributed by atoms with van der Waals surface area (Å²) in [5.41, 5.74) is 3.83. The molecular formula is C16H19NO8. The second-order valence-corrected chi connectivity index (χ2v) is 5.93. The molecule has 1 aliphatic rings. The Kier molecular flexibility index (Phi) is 5.31. The Hall–Kier alpha value is -2.62. The van der Waals surface area contributed by atoms with Crippen LogP contribution in [0.3, 0.4) is 0 Å². The van der Waals surface area contributed by atoms with Crippen LogP contribution in [0.4, 0.5) is 5.69 Å². The number of hydrogen-bond acceptors (Lipinski definition) is 8. The van der Waals surface area contributed by atoms with E-state index in [1.54, 1.807) is 6.07 Å². The Labute approximate surface area is 142 Å². The number of ether oxygens (including phenoxy) is 1. The summed E-state index contributed by atoms with van der Waals surface area (Å²) in [7, 11) is 0. The number of hydrogen-bond donors (Lipinski definition) is 6. The lowest BCUT2D eigenvalue weighted by Crippen LogP contribution is -2.57. The molecular weight excluding hydrogens is 334 g/mol. The minimum absolute atomic E-state index is 0.151. The van der Waals surface area contributed by atoms with E-state index in [9.17, 15) is 30.0 Å². The molecule has 0 bridgehead atoms. The number of rotatable bonds is 4. The first kappa shape index (κ1) is 18.7. The minimum Gasteiger partial charge on any atom is -0.506 e. The molecule has 9 nitrogen and oxygen atoms in total. The predicted octanol–water partition coefficient (Wildman–Crippen LogP) is -0.769. The van der Waals surface area contributed by atoms with E-state index in [-0.39, 0.29) is 11.4 Å². The highest BCUT2D eigenvalue weighted by molar-refractivity contribution is 5.87. The zero-order valence-electron chi connectivity index (χ0n) is 13.1. The van der Waals surface area contributed by atoms with Crippen molar-refractivity contribution in [2.24, 2.45) is 0 Å². The Bertz CT molecular complexity index is 689. The number of phenolic OH excluding ortho intramolecular Hbond substituents is 1. The number of phenols is 1. The molecule has 0 unspecified atom stereocenters. The third-order valence-electron chi connectivity index (χ3n) is 3.97. The molecule has 1 fully saturated rings. The summed E-state index contributed by atoms with van der Waals surface area (Å²) in [4.78, 5) is 22.8. The molecule has 1 aliphatic carbocycles. The smallest absolute Gasteiger partial charge is 0.335 e. The fourth-order valence-corrected chi connectivity index (χ4v) is 2.60. The molecule has 1 saturated carbocycles. The van der Waals surface area contributed by atoms with Crippen LogP contribution >= 0.6 is 0 Å². The number of aliphatic carboxylic acids is 1. The van der Waals surface area contributed by atoms with Gasteiger partial charge in [0.1, 0.15) is 5.75 Å². The van der Waals surface area contributed by atoms with Crippen LogP contribution in [0.1, 0.15) is 18.4 Å². The zero-order valence-corrected chi connectivity index (χ0v) is 13.1. The van der Waals surface area contributed by atoms with Crippen LogP contribution in [-0.2, 0) is 14.3 Å². The number of anilines is 1. The molecule has 0 amide bonds. The van der Waals surface area contributed by atoms with Crippen molar-refractivity contribution in [3.8, 4) is 5.75 Å². The summed E-state index contributed by atoms with van der Waals surface area (Å²) in [6.45, 7) is 0. The molecule has 0 aromatic heterocycles. The van der Waals surface area contributed by atoms with Gasteiger partial charge in [0.2, 0.25) is 0 Å². The van der Waals surface area contributed by atoms with Crippen LogP contribution in [0.5, 0.6) is 5.75 Å². The standard InChI is InChI=1S/C16H19NO8/c17-9-3-1-8(5-10(9)18)2-4-13(21)25-14-11(19)6-16(24,15(22)23)7-12(14)20/h1-5,11-12,14,18-20,24H,6-7,17H2,(H,22,23)/b4-2+/t11-,12-,14?,16?/m1/s1. The molecule has 2 atom stereocenters. The fourth-order valence-electron chi connectivity index (χ4n) is 2.60. The molecule has 1 aromatic carbocycles. The summed E-state index contributed by atoms with van der Waals surface area (Å²) in [6, 6.07) is 4.33. The van der Waals surface area contributed by atoms with Crippen molar-refractivity contribution < 1.29 is 39.9 Å². The largest absolute Gasteiger partial charge is 0.506 e. The highest BCUT2D eigenvalue weighted by Crippen LogP contribution is 2.31. The molecule has 9 heteroatoms. The van der Waals surface area contributed by atoms with Gasteiger partial charge in [0.25, 0.3) is 0 Å². The van der Waals surface area contributed by atoms with Crippen LogP contribution < -0.4 is 5.73 Å². The van der Waals surface area contributed by atoms with Crippen molar-refractivity contribution in [2.75, 3.05) is 5.73 Å². The Morgan fingerprint density at radius 1 is 1.24 bits per heavy atom. The highest BCUT2D eigenvalue weighted by Gasteiger charge is 2.50. The van der Waals surface area contributed by atoms with Gasteiger partial charge in [0.15, 0.2) is 11.7 Å². The second-order valence-electron chi connectivity index (χ2n) is 5.93. The van der Waals surface area contributed by atoms with Crippen molar-refractivity contribution in [1.82, 2.24) is 0 Å². The van der Waals surface area contributed by atoms with E-state index < -0.39 is 48.7 Å². The number of aliphatic hydroxyl groups is 3. The topological polar surface area (TPSA) is 171 Å². The summed E-state index contributed by atoms with van der Waals surface area (Å²) in [5.74, 6) is -2.61. The predicted molar refractivity (Wildman–Crippen MR) is 85.3 cm³/mol. The van der Waals surface area contributed by atoms with Crippen molar-refractivity contribution >= 4 is 23.7 Å². The number of aromatic hydroxyl groups is 1. The van der Waals surface area contributed by atoms with E-state index in [1.165, 1.54) is 18.2 Å². The molecule has 1 aromatic rings. The summed E-state index contributed by atoms with van der Waals surface area (Å²) in [6.07, 6.45) is -3.25. The van der Waals surface area contributed by atoms with E-state index in [0.29, 0.717) is 5.56 Å². The van der Waals surface area contributed by atoms with Crippen LogP contribution in [-0.4, -0.2) is 61.4 Å². The van der Waals surface area contributed by atoms with Crippen molar-refractivity contribution in [3.05, 3.63) is 29.8 Å². The van der Waals surface area contributed by atoms with Crippen molar-refractivity contribution in [2.45, 2.75) is 36.8 Å². The van der Waals surface area contributed by atoms with E-state index in [0.717, 1.165) is 6.08 Å². The molecule has 0 saturated heterocycles. The maximum Gasteiger partial charge on any atom is 0.335 e. The van der Waals surface area contributed by atoms with E-state index in [2.05, 4.69) is 0 Å². The summed E-state index contributed by atoms with van der Waals surface area (Å²) in [5, 5.41) is 48.0. The number of esters is 1. The van der Waals surface area contributed by atoms with Gasteiger partial charge in [-0.05, 0) is 23.8 Å². The van der Waals surface area contributed by atoms with Gasteiger partial charge in [0.05, 0.1) is 17.9 Å². The number of carbonyl (C=O) groups is 2. The normalized spacial score (nSPS) is 29.5. The van der Waals surface area contributed by atoms with Crippen LogP contribution in [0.25, 0.3) is 6.08 Å². The second kappa shape index (κ2) is 7.09. The van der Waals surface area contributed by atoms with E-state index >= 15 is 0 Å². The van der Waals surface area contributed by atoms with Crippen molar-refractivity contribution in [3.63, 3.8) is 0 Å². The SMILES string of the molecule is Nc1ccc(/C=C/C(=O)OC2[C@H](O)CC(O)(C(=O)O)C[C@H]2O)cc1O. The molecule has 136 valence electrons. The monoisotopic (exact) mass is 353 g/mol.